The van der Waals surface area contributed by atoms with E-state index in [9.17, 15) is 14.4 Å². The molecule has 0 unspecified atom stereocenters. The van der Waals surface area contributed by atoms with Crippen LogP contribution >= 0.6 is 0 Å². The van der Waals surface area contributed by atoms with Gasteiger partial charge in [0.25, 0.3) is 5.91 Å². The number of hydrogen-bond acceptors (Lipinski definition) is 7. The highest BCUT2D eigenvalue weighted by molar-refractivity contribution is 6.30. The second-order valence-electron chi connectivity index (χ2n) is 8.55. The number of imide groups is 1. The fraction of sp³-hybridized carbons (Fsp3) is 0.207. The number of nitrogens with zero attached hydrogens (tertiary/aromatic N) is 1. The van der Waals surface area contributed by atoms with Crippen molar-refractivity contribution in [2.75, 3.05) is 20.0 Å². The van der Waals surface area contributed by atoms with E-state index in [2.05, 4.69) is 0 Å². The summed E-state index contributed by atoms with van der Waals surface area (Å²) in [5, 5.41) is 0. The topological polar surface area (TPSA) is 91.4 Å². The molecule has 3 aromatic rings. The maximum Gasteiger partial charge on any atom is 0.417 e. The highest BCUT2D eigenvalue weighted by Gasteiger charge is 2.41. The summed E-state index contributed by atoms with van der Waals surface area (Å²) in [6.45, 7) is 2.57. The van der Waals surface area contributed by atoms with Crippen LogP contribution in [0.3, 0.4) is 0 Å². The minimum absolute atomic E-state index is 0.000421. The predicted molar refractivity (Wildman–Crippen MR) is 134 cm³/mol. The average Bonchev–Trinajstić information content (AvgIpc) is 3.56. The first-order valence-electron chi connectivity index (χ1n) is 12.0. The molecule has 0 saturated carbocycles. The molecule has 0 N–H and O–H groups in total. The van der Waals surface area contributed by atoms with Gasteiger partial charge in [0.2, 0.25) is 6.79 Å². The van der Waals surface area contributed by atoms with Gasteiger partial charge < -0.3 is 18.9 Å². The van der Waals surface area contributed by atoms with Crippen LogP contribution in [0.25, 0.3) is 6.08 Å². The molecule has 2 aliphatic rings. The summed E-state index contributed by atoms with van der Waals surface area (Å²) in [5.74, 6) is 0.301. The lowest BCUT2D eigenvalue weighted by molar-refractivity contribution is -0.124. The smallest absolute Gasteiger partial charge is 0.417 e. The van der Waals surface area contributed by atoms with Crippen LogP contribution in [0.4, 0.5) is 4.79 Å². The average molecular weight is 500 g/mol. The van der Waals surface area contributed by atoms with Gasteiger partial charge in [-0.25, -0.2) is 9.69 Å². The van der Waals surface area contributed by atoms with Crippen molar-refractivity contribution in [3.8, 4) is 17.2 Å². The van der Waals surface area contributed by atoms with Gasteiger partial charge in [0.1, 0.15) is 18.4 Å². The number of amides is 2. The SMILES string of the molecule is CCCOc1cccc(C(=O)/C(=C/c2ccc3c(c2)OCO3)C(=O)N2C(=O)OC[C@@H]2c2ccccc2)c1. The van der Waals surface area contributed by atoms with Gasteiger partial charge in [-0.1, -0.05) is 55.5 Å². The Balaban J connectivity index is 1.55. The number of rotatable bonds is 8. The van der Waals surface area contributed by atoms with Crippen molar-refractivity contribution in [3.63, 3.8) is 0 Å². The molecule has 0 spiro atoms. The normalized spacial score (nSPS) is 16.5. The first-order chi connectivity index (χ1) is 18.0. The minimum atomic E-state index is -0.803. The second-order valence-corrected chi connectivity index (χ2v) is 8.55. The zero-order valence-corrected chi connectivity index (χ0v) is 20.2. The van der Waals surface area contributed by atoms with Crippen LogP contribution in [0.5, 0.6) is 17.2 Å². The molecule has 8 nitrogen and oxygen atoms in total. The number of cyclic esters (lactones) is 1. The van der Waals surface area contributed by atoms with Gasteiger partial charge in [-0.3, -0.25) is 9.59 Å². The Kier molecular flexibility index (Phi) is 6.89. The highest BCUT2D eigenvalue weighted by Crippen LogP contribution is 2.34. The lowest BCUT2D eigenvalue weighted by Crippen LogP contribution is -2.37. The summed E-state index contributed by atoms with van der Waals surface area (Å²) < 4.78 is 21.7. The van der Waals surface area contributed by atoms with Crippen LogP contribution < -0.4 is 14.2 Å². The molecule has 3 aromatic carbocycles. The Morgan fingerprint density at radius 2 is 1.78 bits per heavy atom. The molecule has 37 heavy (non-hydrogen) atoms. The third-order valence-corrected chi connectivity index (χ3v) is 6.03. The van der Waals surface area contributed by atoms with Gasteiger partial charge in [0.15, 0.2) is 17.3 Å². The Morgan fingerprint density at radius 1 is 0.973 bits per heavy atom. The molecule has 8 heteroatoms. The van der Waals surface area contributed by atoms with Crippen molar-refractivity contribution in [1.82, 2.24) is 4.90 Å². The van der Waals surface area contributed by atoms with Gasteiger partial charge in [0, 0.05) is 5.56 Å². The van der Waals surface area contributed by atoms with Crippen molar-refractivity contribution in [2.45, 2.75) is 19.4 Å². The lowest BCUT2D eigenvalue weighted by Gasteiger charge is -2.21. The lowest BCUT2D eigenvalue weighted by atomic mass is 9.98. The van der Waals surface area contributed by atoms with Crippen molar-refractivity contribution < 1.29 is 33.3 Å². The number of hydrogen-bond donors (Lipinski definition) is 0. The summed E-state index contributed by atoms with van der Waals surface area (Å²) in [6.07, 6.45) is 1.47. The highest BCUT2D eigenvalue weighted by atomic mass is 16.7. The number of ketones is 1. The molecule has 2 amide bonds. The molecule has 0 bridgehead atoms. The molecule has 1 atom stereocenters. The fourth-order valence-corrected chi connectivity index (χ4v) is 4.19. The molecule has 0 radical (unpaired) electrons. The van der Waals surface area contributed by atoms with Crippen LogP contribution in [0, 0.1) is 0 Å². The number of carbonyl (C=O) groups excluding carboxylic acids is 3. The number of Topliss-reactive ketones (excluding diaryl/α,β-unsaturated/α-hetero) is 1. The van der Waals surface area contributed by atoms with Crippen molar-refractivity contribution >= 4 is 23.9 Å². The summed E-state index contributed by atoms with van der Waals surface area (Å²) in [5.41, 5.74) is 1.35. The van der Waals surface area contributed by atoms with E-state index in [4.69, 9.17) is 18.9 Å². The van der Waals surface area contributed by atoms with Gasteiger partial charge >= 0.3 is 6.09 Å². The summed E-state index contributed by atoms with van der Waals surface area (Å²) in [7, 11) is 0. The first kappa shape index (κ1) is 24.1. The molecule has 5 rings (SSSR count). The standard InChI is InChI=1S/C29H25NO7/c1-2-13-34-22-10-6-9-21(16-22)27(31)23(14-19-11-12-25-26(15-19)37-18-36-25)28(32)30-24(17-35-29(30)33)20-7-4-3-5-8-20/h3-12,14-16,24H,2,13,17-18H2,1H3/b23-14-/t24-/m1/s1. The molecule has 0 aliphatic carbocycles. The van der Waals surface area contributed by atoms with Gasteiger partial charge in [-0.15, -0.1) is 0 Å². The van der Waals surface area contributed by atoms with Crippen molar-refractivity contribution in [1.29, 1.82) is 0 Å². The van der Waals surface area contributed by atoms with Gasteiger partial charge in [-0.2, -0.15) is 0 Å². The molecular weight excluding hydrogens is 474 g/mol. The molecular formula is C29H25NO7. The monoisotopic (exact) mass is 499 g/mol. The first-order valence-corrected chi connectivity index (χ1v) is 12.0. The van der Waals surface area contributed by atoms with Crippen LogP contribution in [0.1, 0.15) is 40.9 Å². The summed E-state index contributed by atoms with van der Waals surface area (Å²) in [6, 6.07) is 20.2. The summed E-state index contributed by atoms with van der Waals surface area (Å²) >= 11 is 0. The van der Waals surface area contributed by atoms with Crippen LogP contribution in [0.2, 0.25) is 0 Å². The molecule has 2 aliphatic heterocycles. The van der Waals surface area contributed by atoms with E-state index in [0.717, 1.165) is 16.9 Å². The maximum atomic E-state index is 13.9. The maximum absolute atomic E-state index is 13.9. The number of fused-ring (bicyclic) bond motifs is 1. The Hall–Kier alpha value is -4.59. The van der Waals surface area contributed by atoms with Crippen LogP contribution in [-0.4, -0.2) is 42.7 Å². The fourth-order valence-electron chi connectivity index (χ4n) is 4.19. The zero-order valence-electron chi connectivity index (χ0n) is 20.2. The van der Waals surface area contributed by atoms with E-state index in [1.807, 2.05) is 37.3 Å². The Morgan fingerprint density at radius 3 is 2.59 bits per heavy atom. The Bertz CT molecular complexity index is 1370. The van der Waals surface area contributed by atoms with E-state index in [-0.39, 0.29) is 24.5 Å². The van der Waals surface area contributed by atoms with E-state index in [0.29, 0.717) is 29.4 Å². The van der Waals surface area contributed by atoms with E-state index in [1.165, 1.54) is 6.08 Å². The molecule has 2 heterocycles. The van der Waals surface area contributed by atoms with Gasteiger partial charge in [0.05, 0.1) is 12.2 Å². The van der Waals surface area contributed by atoms with Crippen LogP contribution in [-0.2, 0) is 9.53 Å². The van der Waals surface area contributed by atoms with Gasteiger partial charge in [-0.05, 0) is 47.9 Å². The molecule has 1 fully saturated rings. The van der Waals surface area contributed by atoms with E-state index < -0.39 is 23.8 Å². The quantitative estimate of drug-likeness (QED) is 0.182. The molecule has 188 valence electrons. The Labute approximate surface area is 214 Å². The third kappa shape index (κ3) is 5.04. The van der Waals surface area contributed by atoms with Crippen LogP contribution in [0.15, 0.2) is 78.4 Å². The minimum Gasteiger partial charge on any atom is -0.494 e. The zero-order chi connectivity index (χ0) is 25.8. The number of benzene rings is 3. The number of carbonyl (C=O) groups is 3. The molecule has 1 saturated heterocycles. The largest absolute Gasteiger partial charge is 0.494 e. The molecule has 0 aromatic heterocycles. The van der Waals surface area contributed by atoms with Crippen molar-refractivity contribution in [2.24, 2.45) is 0 Å². The third-order valence-electron chi connectivity index (χ3n) is 6.03. The predicted octanol–water partition coefficient (Wildman–Crippen LogP) is 5.19. The van der Waals surface area contributed by atoms with E-state index in [1.54, 1.807) is 42.5 Å². The summed E-state index contributed by atoms with van der Waals surface area (Å²) in [4.78, 5) is 41.4. The van der Waals surface area contributed by atoms with E-state index >= 15 is 0 Å². The number of ether oxygens (including phenoxy) is 4. The second kappa shape index (κ2) is 10.6. The van der Waals surface area contributed by atoms with Crippen molar-refractivity contribution in [3.05, 3.63) is 95.1 Å².